The van der Waals surface area contributed by atoms with Crippen molar-refractivity contribution in [1.82, 2.24) is 4.31 Å². The second-order valence-corrected chi connectivity index (χ2v) is 7.93. The monoisotopic (exact) mass is 300 g/mol. The van der Waals surface area contributed by atoms with Crippen LogP contribution in [0.3, 0.4) is 0 Å². The van der Waals surface area contributed by atoms with Gasteiger partial charge in [0.1, 0.15) is 5.82 Å². The van der Waals surface area contributed by atoms with Gasteiger partial charge in [-0.2, -0.15) is 4.31 Å². The van der Waals surface area contributed by atoms with Gasteiger partial charge in [-0.3, -0.25) is 0 Å². The Morgan fingerprint density at radius 1 is 1.40 bits per heavy atom. The fourth-order valence-corrected chi connectivity index (χ4v) is 4.60. The molecule has 2 rings (SSSR count). The maximum atomic E-state index is 13.7. The largest absolute Gasteiger partial charge is 0.326 e. The van der Waals surface area contributed by atoms with E-state index in [4.69, 9.17) is 5.73 Å². The lowest BCUT2D eigenvalue weighted by Gasteiger charge is -2.37. The summed E-state index contributed by atoms with van der Waals surface area (Å²) in [5.74, 6) is -0.565. The third kappa shape index (κ3) is 2.87. The van der Waals surface area contributed by atoms with Gasteiger partial charge in [-0.25, -0.2) is 12.8 Å². The highest BCUT2D eigenvalue weighted by atomic mass is 32.2. The summed E-state index contributed by atoms with van der Waals surface area (Å²) in [6, 6.07) is 4.08. The molecule has 1 aliphatic heterocycles. The first-order chi connectivity index (χ1) is 9.28. The molecule has 2 N–H and O–H groups in total. The first-order valence-electron chi connectivity index (χ1n) is 6.75. The quantitative estimate of drug-likeness (QED) is 0.929. The van der Waals surface area contributed by atoms with Crippen LogP contribution in [-0.2, 0) is 16.6 Å². The first-order valence-corrected chi connectivity index (χ1v) is 8.19. The Kier molecular flexibility index (Phi) is 4.18. The molecule has 4 nitrogen and oxygen atoms in total. The van der Waals surface area contributed by atoms with Crippen LogP contribution < -0.4 is 5.73 Å². The molecular weight excluding hydrogens is 279 g/mol. The van der Waals surface area contributed by atoms with E-state index in [0.717, 1.165) is 12.8 Å². The summed E-state index contributed by atoms with van der Waals surface area (Å²) in [5, 5.41) is 0. The molecule has 0 atom stereocenters. The van der Waals surface area contributed by atoms with Crippen LogP contribution in [0, 0.1) is 11.2 Å². The number of sulfonamides is 1. The van der Waals surface area contributed by atoms with Crippen LogP contribution in [0.15, 0.2) is 23.1 Å². The number of benzene rings is 1. The van der Waals surface area contributed by atoms with E-state index in [-0.39, 0.29) is 22.4 Å². The van der Waals surface area contributed by atoms with Gasteiger partial charge < -0.3 is 5.73 Å². The summed E-state index contributed by atoms with van der Waals surface area (Å²) in [6.45, 7) is 4.90. The van der Waals surface area contributed by atoms with Crippen molar-refractivity contribution in [2.75, 3.05) is 13.1 Å². The molecule has 1 saturated heterocycles. The Balaban J connectivity index is 2.43. The number of hydrogen-bond acceptors (Lipinski definition) is 3. The van der Waals surface area contributed by atoms with Gasteiger partial charge in [0.2, 0.25) is 10.0 Å². The van der Waals surface area contributed by atoms with Crippen molar-refractivity contribution in [3.63, 3.8) is 0 Å². The van der Waals surface area contributed by atoms with E-state index >= 15 is 0 Å². The van der Waals surface area contributed by atoms with E-state index in [2.05, 4.69) is 0 Å². The van der Waals surface area contributed by atoms with Crippen molar-refractivity contribution in [1.29, 1.82) is 0 Å². The van der Waals surface area contributed by atoms with E-state index in [1.165, 1.54) is 22.5 Å². The van der Waals surface area contributed by atoms with Crippen LogP contribution >= 0.6 is 0 Å². The zero-order valence-corrected chi connectivity index (χ0v) is 12.7. The number of halogens is 1. The Bertz CT molecular complexity index is 599. The van der Waals surface area contributed by atoms with Gasteiger partial charge in [0.15, 0.2) is 0 Å². The Hall–Kier alpha value is -0.980. The summed E-state index contributed by atoms with van der Waals surface area (Å²) in [7, 11) is -3.68. The third-order valence-electron chi connectivity index (χ3n) is 3.76. The van der Waals surface area contributed by atoms with Crippen LogP contribution in [0.25, 0.3) is 0 Å². The molecule has 0 radical (unpaired) electrons. The molecule has 1 heterocycles. The number of nitrogens with zero attached hydrogens (tertiary/aromatic N) is 1. The normalized spacial score (nSPS) is 20.0. The SMILES string of the molecule is CC1(C)CCCN(S(=O)(=O)c2cccc(F)c2CN)C1. The lowest BCUT2D eigenvalue weighted by Crippen LogP contribution is -2.43. The highest BCUT2D eigenvalue weighted by Gasteiger charge is 2.35. The fraction of sp³-hybridized carbons (Fsp3) is 0.571. The zero-order valence-electron chi connectivity index (χ0n) is 11.9. The van der Waals surface area contributed by atoms with Crippen LogP contribution in [0.2, 0.25) is 0 Å². The molecule has 1 fully saturated rings. The molecule has 1 aromatic rings. The molecule has 0 bridgehead atoms. The number of nitrogens with two attached hydrogens (primary N) is 1. The number of hydrogen-bond donors (Lipinski definition) is 1. The fourth-order valence-electron chi connectivity index (χ4n) is 2.69. The summed E-state index contributed by atoms with van der Waals surface area (Å²) in [4.78, 5) is -0.00213. The molecule has 0 amide bonds. The Morgan fingerprint density at radius 3 is 2.70 bits per heavy atom. The second-order valence-electron chi connectivity index (χ2n) is 6.03. The van der Waals surface area contributed by atoms with E-state index in [1.807, 2.05) is 13.8 Å². The smallest absolute Gasteiger partial charge is 0.243 e. The molecule has 20 heavy (non-hydrogen) atoms. The second kappa shape index (κ2) is 5.42. The third-order valence-corrected chi connectivity index (χ3v) is 5.69. The van der Waals surface area contributed by atoms with E-state index in [1.54, 1.807) is 0 Å². The van der Waals surface area contributed by atoms with Crippen LogP contribution in [-0.4, -0.2) is 25.8 Å². The topological polar surface area (TPSA) is 63.4 Å². The van der Waals surface area contributed by atoms with Crippen molar-refractivity contribution >= 4 is 10.0 Å². The van der Waals surface area contributed by atoms with Crippen molar-refractivity contribution in [2.24, 2.45) is 11.1 Å². The number of rotatable bonds is 3. The number of piperidine rings is 1. The maximum Gasteiger partial charge on any atom is 0.243 e. The van der Waals surface area contributed by atoms with Crippen molar-refractivity contribution < 1.29 is 12.8 Å². The van der Waals surface area contributed by atoms with Gasteiger partial charge in [0.25, 0.3) is 0 Å². The minimum absolute atomic E-state index is 0.00213. The molecule has 0 aromatic heterocycles. The zero-order chi connectivity index (χ0) is 15.0. The molecule has 112 valence electrons. The maximum absolute atomic E-state index is 13.7. The molecule has 0 unspecified atom stereocenters. The van der Waals surface area contributed by atoms with Gasteiger partial charge in [-0.15, -0.1) is 0 Å². The lowest BCUT2D eigenvalue weighted by atomic mass is 9.85. The van der Waals surface area contributed by atoms with Gasteiger partial charge in [-0.1, -0.05) is 19.9 Å². The van der Waals surface area contributed by atoms with E-state index in [9.17, 15) is 12.8 Å². The average Bonchev–Trinajstić information content (AvgIpc) is 2.37. The van der Waals surface area contributed by atoms with Gasteiger partial charge in [0.05, 0.1) is 4.90 Å². The van der Waals surface area contributed by atoms with Gasteiger partial charge in [0, 0.05) is 25.2 Å². The van der Waals surface area contributed by atoms with E-state index in [0.29, 0.717) is 13.1 Å². The van der Waals surface area contributed by atoms with Crippen LogP contribution in [0.1, 0.15) is 32.3 Å². The van der Waals surface area contributed by atoms with Gasteiger partial charge >= 0.3 is 0 Å². The molecule has 0 saturated carbocycles. The van der Waals surface area contributed by atoms with Crippen molar-refractivity contribution in [2.45, 2.75) is 38.1 Å². The Labute approximate surface area is 119 Å². The van der Waals surface area contributed by atoms with Crippen molar-refractivity contribution in [3.05, 3.63) is 29.6 Å². The molecule has 6 heteroatoms. The van der Waals surface area contributed by atoms with Crippen LogP contribution in [0.4, 0.5) is 4.39 Å². The summed E-state index contributed by atoms with van der Waals surface area (Å²) >= 11 is 0. The average molecular weight is 300 g/mol. The molecule has 1 aliphatic rings. The predicted molar refractivity (Wildman–Crippen MR) is 76.1 cm³/mol. The Morgan fingerprint density at radius 2 is 2.10 bits per heavy atom. The molecule has 0 spiro atoms. The first kappa shape index (κ1) is 15.4. The summed E-state index contributed by atoms with van der Waals surface area (Å²) in [6.07, 6.45) is 1.81. The molecular formula is C14H21FN2O2S. The highest BCUT2D eigenvalue weighted by molar-refractivity contribution is 7.89. The minimum Gasteiger partial charge on any atom is -0.326 e. The lowest BCUT2D eigenvalue weighted by molar-refractivity contribution is 0.187. The van der Waals surface area contributed by atoms with Crippen molar-refractivity contribution in [3.8, 4) is 0 Å². The highest BCUT2D eigenvalue weighted by Crippen LogP contribution is 2.32. The molecule has 0 aliphatic carbocycles. The summed E-state index contributed by atoms with van der Waals surface area (Å²) < 4.78 is 40.6. The van der Waals surface area contributed by atoms with E-state index < -0.39 is 15.8 Å². The standard InChI is InChI=1S/C14H21FN2O2S/c1-14(2)7-4-8-17(10-14)20(18,19)13-6-3-5-12(15)11(13)9-16/h3,5-6H,4,7-10,16H2,1-2H3. The van der Waals surface area contributed by atoms with Crippen LogP contribution in [0.5, 0.6) is 0 Å². The molecule has 1 aromatic carbocycles. The predicted octanol–water partition coefficient (Wildman–Crippen LogP) is 2.10. The van der Waals surface area contributed by atoms with Gasteiger partial charge in [-0.05, 0) is 30.4 Å². The summed E-state index contributed by atoms with van der Waals surface area (Å²) in [5.41, 5.74) is 5.52. The minimum atomic E-state index is -3.68.